The van der Waals surface area contributed by atoms with Crippen LogP contribution in [0.25, 0.3) is 0 Å². The number of benzene rings is 1. The van der Waals surface area contributed by atoms with E-state index in [2.05, 4.69) is 4.99 Å². The molecule has 0 bridgehead atoms. The van der Waals surface area contributed by atoms with Gasteiger partial charge in [0.2, 0.25) is 5.91 Å². The third-order valence-electron chi connectivity index (χ3n) is 6.82. The molecule has 0 spiro atoms. The number of hydrogen-bond acceptors (Lipinski definition) is 8. The van der Waals surface area contributed by atoms with Gasteiger partial charge in [-0.15, -0.1) is 0 Å². The average Bonchev–Trinajstić information content (AvgIpc) is 3.15. The molecule has 1 saturated heterocycles. The number of hydrogen-bond donors (Lipinski definition) is 0. The molecule has 4 rings (SSSR count). The second-order valence-electron chi connectivity index (χ2n) is 9.02. The van der Waals surface area contributed by atoms with Crippen LogP contribution in [0, 0.1) is 11.8 Å². The number of carbonyl (C=O) groups excluding carboxylic acids is 4. The maximum absolute atomic E-state index is 13.2. The number of ether oxygens (including phenoxy) is 3. The van der Waals surface area contributed by atoms with Crippen LogP contribution in [-0.2, 0) is 33.4 Å². The lowest BCUT2D eigenvalue weighted by atomic mass is 9.75. The Kier molecular flexibility index (Phi) is 8.58. The van der Waals surface area contributed by atoms with Crippen molar-refractivity contribution in [1.82, 2.24) is 4.90 Å². The van der Waals surface area contributed by atoms with Crippen molar-refractivity contribution in [1.29, 1.82) is 0 Å². The molecule has 3 unspecified atom stereocenters. The van der Waals surface area contributed by atoms with Crippen LogP contribution in [0.1, 0.15) is 31.7 Å². The van der Waals surface area contributed by atoms with E-state index in [0.717, 1.165) is 0 Å². The molecule has 200 valence electrons. The molecular weight excluding hydrogens is 512 g/mol. The van der Waals surface area contributed by atoms with Crippen molar-refractivity contribution in [2.24, 2.45) is 16.8 Å². The number of aliphatic imine (C=N–C) groups is 1. The van der Waals surface area contributed by atoms with Gasteiger partial charge in [0.15, 0.2) is 0 Å². The number of methoxy groups -OCH3 is 1. The summed E-state index contributed by atoms with van der Waals surface area (Å²) in [6.07, 6.45) is 5.82. The topological polar surface area (TPSA) is 112 Å². The summed E-state index contributed by atoms with van der Waals surface area (Å²) >= 11 is 6.52. The fraction of sp³-hybridized carbons (Fsp3) is 0.393. The monoisotopic (exact) mass is 540 g/mol. The van der Waals surface area contributed by atoms with Gasteiger partial charge in [0, 0.05) is 22.2 Å². The number of esters is 2. The Hall–Kier alpha value is -3.56. The summed E-state index contributed by atoms with van der Waals surface area (Å²) in [5.41, 5.74) is 1.91. The predicted octanol–water partition coefficient (Wildman–Crippen LogP) is 3.39. The molecule has 0 saturated carbocycles. The smallest absolute Gasteiger partial charge is 0.336 e. The molecule has 0 N–H and O–H groups in total. The highest BCUT2D eigenvalue weighted by molar-refractivity contribution is 6.31. The Morgan fingerprint density at radius 2 is 1.97 bits per heavy atom. The standard InChI is InChI=1S/C28H29ClN2O7/c1-4-38-28(35)24-21(15-37-14-13-31-25(32)17-9-5-6-10-18(17)26(31)33)30-16(2)22(27(34)36-3)23(24)19-11-7-8-12-20(19)29/h5-9,11-12,18,22-23H,4,10,13-15H2,1-3H3. The van der Waals surface area contributed by atoms with Gasteiger partial charge in [-0.1, -0.05) is 48.0 Å². The third-order valence-corrected chi connectivity index (χ3v) is 7.16. The number of halogens is 1. The normalized spacial score (nSPS) is 22.7. The number of allylic oxidation sites excluding steroid dienone is 3. The summed E-state index contributed by atoms with van der Waals surface area (Å²) in [6.45, 7) is 3.47. The lowest BCUT2D eigenvalue weighted by Crippen LogP contribution is -2.37. The molecule has 9 nitrogen and oxygen atoms in total. The Bertz CT molecular complexity index is 1280. The molecule has 2 aliphatic heterocycles. The van der Waals surface area contributed by atoms with Gasteiger partial charge in [0.05, 0.1) is 50.7 Å². The van der Waals surface area contributed by atoms with E-state index in [0.29, 0.717) is 28.3 Å². The Morgan fingerprint density at radius 1 is 1.21 bits per heavy atom. The average molecular weight is 541 g/mol. The van der Waals surface area contributed by atoms with Crippen LogP contribution in [0.2, 0.25) is 5.02 Å². The second-order valence-corrected chi connectivity index (χ2v) is 9.43. The molecule has 1 fully saturated rings. The van der Waals surface area contributed by atoms with E-state index in [4.69, 9.17) is 25.8 Å². The van der Waals surface area contributed by atoms with E-state index >= 15 is 0 Å². The maximum atomic E-state index is 13.2. The van der Waals surface area contributed by atoms with Gasteiger partial charge >= 0.3 is 11.9 Å². The quantitative estimate of drug-likeness (QED) is 0.268. The minimum Gasteiger partial charge on any atom is -0.468 e. The van der Waals surface area contributed by atoms with E-state index in [-0.39, 0.29) is 49.4 Å². The molecule has 2 heterocycles. The van der Waals surface area contributed by atoms with Crippen LogP contribution in [0.5, 0.6) is 0 Å². The fourth-order valence-corrected chi connectivity index (χ4v) is 5.31. The summed E-state index contributed by atoms with van der Waals surface area (Å²) in [5, 5.41) is 0.375. The zero-order valence-corrected chi connectivity index (χ0v) is 22.2. The lowest BCUT2D eigenvalue weighted by molar-refractivity contribution is -0.144. The van der Waals surface area contributed by atoms with Crippen molar-refractivity contribution in [2.45, 2.75) is 26.2 Å². The summed E-state index contributed by atoms with van der Waals surface area (Å²) in [4.78, 5) is 57.2. The number of rotatable bonds is 9. The van der Waals surface area contributed by atoms with E-state index in [1.807, 2.05) is 6.08 Å². The first kappa shape index (κ1) is 27.5. The maximum Gasteiger partial charge on any atom is 0.336 e. The van der Waals surface area contributed by atoms with Gasteiger partial charge in [0.25, 0.3) is 5.91 Å². The van der Waals surface area contributed by atoms with Crippen molar-refractivity contribution in [3.63, 3.8) is 0 Å². The summed E-state index contributed by atoms with van der Waals surface area (Å²) in [6, 6.07) is 6.94. The molecule has 1 aromatic carbocycles. The largest absolute Gasteiger partial charge is 0.468 e. The van der Waals surface area contributed by atoms with Crippen molar-refractivity contribution < 1.29 is 33.4 Å². The molecule has 1 aromatic rings. The van der Waals surface area contributed by atoms with Gasteiger partial charge in [0.1, 0.15) is 5.92 Å². The SMILES string of the molecule is CCOC(=O)C1=C(COCCN2C(=O)C3=CC=CCC3C2=O)N=C(C)C(C(=O)OC)C1c1ccccc1Cl. The van der Waals surface area contributed by atoms with Gasteiger partial charge in [-0.05, 0) is 31.9 Å². The summed E-state index contributed by atoms with van der Waals surface area (Å²) < 4.78 is 16.2. The summed E-state index contributed by atoms with van der Waals surface area (Å²) in [5.74, 6) is -3.91. The zero-order valence-electron chi connectivity index (χ0n) is 21.4. The van der Waals surface area contributed by atoms with Crippen LogP contribution >= 0.6 is 11.6 Å². The van der Waals surface area contributed by atoms with E-state index < -0.39 is 29.7 Å². The number of likely N-dealkylation sites (tertiary alicyclic amines) is 1. The number of imide groups is 1. The molecule has 10 heteroatoms. The van der Waals surface area contributed by atoms with Crippen LogP contribution < -0.4 is 0 Å². The van der Waals surface area contributed by atoms with Crippen LogP contribution in [0.4, 0.5) is 0 Å². The van der Waals surface area contributed by atoms with Crippen LogP contribution in [0.3, 0.4) is 0 Å². The number of fused-ring (bicyclic) bond motifs is 1. The molecule has 0 aromatic heterocycles. The number of nitrogens with zero attached hydrogens (tertiary/aromatic N) is 2. The van der Waals surface area contributed by atoms with Crippen molar-refractivity contribution in [2.75, 3.05) is 33.5 Å². The molecule has 0 radical (unpaired) electrons. The molecule has 38 heavy (non-hydrogen) atoms. The van der Waals surface area contributed by atoms with Crippen LogP contribution in [-0.4, -0.2) is 67.8 Å². The van der Waals surface area contributed by atoms with Crippen LogP contribution in [0.15, 0.2) is 64.3 Å². The minimum atomic E-state index is -0.895. The molecule has 1 aliphatic carbocycles. The lowest BCUT2D eigenvalue weighted by Gasteiger charge is -2.32. The minimum absolute atomic E-state index is 0.0380. The Balaban J connectivity index is 1.60. The Morgan fingerprint density at radius 3 is 2.66 bits per heavy atom. The first-order valence-electron chi connectivity index (χ1n) is 12.4. The third kappa shape index (κ3) is 5.21. The van der Waals surface area contributed by atoms with Gasteiger partial charge in [-0.2, -0.15) is 0 Å². The van der Waals surface area contributed by atoms with Gasteiger partial charge < -0.3 is 14.2 Å². The number of carbonyl (C=O) groups is 4. The predicted molar refractivity (Wildman–Crippen MR) is 139 cm³/mol. The molecule has 3 atom stereocenters. The Labute approximate surface area is 225 Å². The van der Waals surface area contributed by atoms with Crippen molar-refractivity contribution in [3.8, 4) is 0 Å². The highest BCUT2D eigenvalue weighted by Crippen LogP contribution is 2.42. The van der Waals surface area contributed by atoms with Crippen molar-refractivity contribution >= 4 is 41.1 Å². The van der Waals surface area contributed by atoms with E-state index in [9.17, 15) is 19.2 Å². The first-order chi connectivity index (χ1) is 18.3. The molecule has 2 amide bonds. The van der Waals surface area contributed by atoms with Crippen molar-refractivity contribution in [3.05, 3.63) is 69.9 Å². The molecular formula is C28H29ClN2O7. The number of amides is 2. The van der Waals surface area contributed by atoms with E-state index in [1.54, 1.807) is 50.3 Å². The highest BCUT2D eigenvalue weighted by atomic mass is 35.5. The summed E-state index contributed by atoms with van der Waals surface area (Å²) in [7, 11) is 1.27. The van der Waals surface area contributed by atoms with Gasteiger partial charge in [-0.25, -0.2) is 4.79 Å². The zero-order chi connectivity index (χ0) is 27.4. The second kappa shape index (κ2) is 11.9. The van der Waals surface area contributed by atoms with Gasteiger partial charge in [-0.3, -0.25) is 24.3 Å². The van der Waals surface area contributed by atoms with E-state index in [1.165, 1.54) is 12.0 Å². The fourth-order valence-electron chi connectivity index (χ4n) is 5.05. The first-order valence-corrected chi connectivity index (χ1v) is 12.8. The molecule has 3 aliphatic rings. The highest BCUT2D eigenvalue weighted by Gasteiger charge is 2.44.